The minimum absolute atomic E-state index is 0.391. The summed E-state index contributed by atoms with van der Waals surface area (Å²) in [6.07, 6.45) is 2.72. The van der Waals surface area contributed by atoms with Crippen molar-refractivity contribution in [3.05, 3.63) is 64.2 Å². The fourth-order valence-electron chi connectivity index (χ4n) is 1.74. The predicted octanol–water partition coefficient (Wildman–Crippen LogP) is 3.23. The van der Waals surface area contributed by atoms with E-state index in [1.807, 2.05) is 19.1 Å². The molecule has 1 atom stereocenters. The summed E-state index contributed by atoms with van der Waals surface area (Å²) in [6, 6.07) is 6.49. The molecule has 0 saturated heterocycles. The molecule has 0 saturated carbocycles. The van der Waals surface area contributed by atoms with Crippen molar-refractivity contribution in [2.75, 3.05) is 0 Å². The molecular formula is C13H12ClFN2. The number of hydrogen-bond donors (Lipinski definition) is 1. The number of nitrogens with zero attached hydrogens (tertiary/aromatic N) is 1. The van der Waals surface area contributed by atoms with E-state index in [2.05, 4.69) is 4.98 Å². The summed E-state index contributed by atoms with van der Waals surface area (Å²) in [4.78, 5) is 3.79. The third-order valence-corrected chi connectivity index (χ3v) is 3.14. The molecule has 1 heterocycles. The molecule has 2 rings (SSSR count). The van der Waals surface area contributed by atoms with E-state index in [-0.39, 0.29) is 0 Å². The Balaban J connectivity index is 2.44. The first-order valence-electron chi connectivity index (χ1n) is 5.20. The lowest BCUT2D eigenvalue weighted by atomic mass is 9.97. The van der Waals surface area contributed by atoms with Gasteiger partial charge < -0.3 is 5.73 Å². The van der Waals surface area contributed by atoms with E-state index in [1.165, 1.54) is 6.07 Å². The van der Waals surface area contributed by atoms with Gasteiger partial charge in [0.15, 0.2) is 0 Å². The van der Waals surface area contributed by atoms with Crippen LogP contribution in [-0.4, -0.2) is 4.98 Å². The van der Waals surface area contributed by atoms with Gasteiger partial charge in [0, 0.05) is 11.2 Å². The Morgan fingerprint density at radius 1 is 1.35 bits per heavy atom. The molecule has 4 heteroatoms. The highest BCUT2D eigenvalue weighted by Gasteiger charge is 2.13. The fourth-order valence-corrected chi connectivity index (χ4v) is 1.92. The van der Waals surface area contributed by atoms with Crippen LogP contribution in [0, 0.1) is 12.7 Å². The molecule has 0 aliphatic heterocycles. The van der Waals surface area contributed by atoms with Gasteiger partial charge in [-0.1, -0.05) is 23.7 Å². The van der Waals surface area contributed by atoms with Crippen molar-refractivity contribution >= 4 is 11.6 Å². The molecule has 2 nitrogen and oxygen atoms in total. The first kappa shape index (κ1) is 12.0. The maximum atomic E-state index is 13.1. The Morgan fingerprint density at radius 2 is 2.12 bits per heavy atom. The van der Waals surface area contributed by atoms with Crippen LogP contribution in [0.25, 0.3) is 0 Å². The quantitative estimate of drug-likeness (QED) is 0.889. The largest absolute Gasteiger partial charge is 0.320 e. The SMILES string of the molecule is Cc1c(Cl)cccc1C(N)c1cncc(F)c1. The topological polar surface area (TPSA) is 38.9 Å². The van der Waals surface area contributed by atoms with Crippen molar-refractivity contribution in [2.24, 2.45) is 5.73 Å². The summed E-state index contributed by atoms with van der Waals surface area (Å²) in [5.74, 6) is -0.391. The van der Waals surface area contributed by atoms with E-state index in [0.29, 0.717) is 10.6 Å². The summed E-state index contributed by atoms with van der Waals surface area (Å²) >= 11 is 6.03. The van der Waals surface area contributed by atoms with Crippen LogP contribution in [0.15, 0.2) is 36.7 Å². The molecule has 0 fully saturated rings. The Hall–Kier alpha value is -1.45. The van der Waals surface area contributed by atoms with E-state index < -0.39 is 11.9 Å². The molecule has 17 heavy (non-hydrogen) atoms. The summed E-state index contributed by atoms with van der Waals surface area (Å²) in [5.41, 5.74) is 8.51. The molecule has 0 aliphatic carbocycles. The molecular weight excluding hydrogens is 239 g/mol. The van der Waals surface area contributed by atoms with Gasteiger partial charge >= 0.3 is 0 Å². The van der Waals surface area contributed by atoms with Crippen LogP contribution >= 0.6 is 11.6 Å². The van der Waals surface area contributed by atoms with E-state index in [4.69, 9.17) is 17.3 Å². The highest BCUT2D eigenvalue weighted by atomic mass is 35.5. The first-order valence-corrected chi connectivity index (χ1v) is 5.58. The first-order chi connectivity index (χ1) is 8.09. The van der Waals surface area contributed by atoms with Crippen molar-refractivity contribution in [1.82, 2.24) is 4.98 Å². The second kappa shape index (κ2) is 4.82. The molecule has 0 bridgehead atoms. The molecule has 1 aromatic carbocycles. The number of nitrogens with two attached hydrogens (primary N) is 1. The van der Waals surface area contributed by atoms with Gasteiger partial charge in [-0.05, 0) is 35.7 Å². The highest BCUT2D eigenvalue weighted by Crippen LogP contribution is 2.26. The minimum atomic E-state index is -0.420. The zero-order valence-corrected chi connectivity index (χ0v) is 10.1. The number of pyridine rings is 1. The van der Waals surface area contributed by atoms with Gasteiger partial charge in [-0.15, -0.1) is 0 Å². The summed E-state index contributed by atoms with van der Waals surface area (Å²) in [6.45, 7) is 1.89. The monoisotopic (exact) mass is 250 g/mol. The zero-order chi connectivity index (χ0) is 12.4. The lowest BCUT2D eigenvalue weighted by molar-refractivity contribution is 0.616. The second-order valence-corrected chi connectivity index (χ2v) is 4.28. The maximum absolute atomic E-state index is 13.1. The van der Waals surface area contributed by atoms with Crippen LogP contribution in [0.4, 0.5) is 4.39 Å². The van der Waals surface area contributed by atoms with Gasteiger partial charge in [0.05, 0.1) is 12.2 Å². The smallest absolute Gasteiger partial charge is 0.141 e. The normalized spacial score (nSPS) is 12.5. The lowest BCUT2D eigenvalue weighted by Crippen LogP contribution is -2.14. The Bertz CT molecular complexity index is 543. The van der Waals surface area contributed by atoms with E-state index in [0.717, 1.165) is 17.3 Å². The van der Waals surface area contributed by atoms with Crippen molar-refractivity contribution in [1.29, 1.82) is 0 Å². The average Bonchev–Trinajstić information content (AvgIpc) is 2.32. The molecule has 2 aromatic rings. The van der Waals surface area contributed by atoms with Crippen LogP contribution in [0.3, 0.4) is 0 Å². The summed E-state index contributed by atoms with van der Waals surface area (Å²) < 4.78 is 13.1. The highest BCUT2D eigenvalue weighted by molar-refractivity contribution is 6.31. The van der Waals surface area contributed by atoms with Gasteiger partial charge in [0.1, 0.15) is 5.82 Å². The molecule has 88 valence electrons. The lowest BCUT2D eigenvalue weighted by Gasteiger charge is -2.15. The minimum Gasteiger partial charge on any atom is -0.320 e. The third kappa shape index (κ3) is 2.46. The molecule has 0 aliphatic rings. The average molecular weight is 251 g/mol. The van der Waals surface area contributed by atoms with Crippen LogP contribution < -0.4 is 5.73 Å². The Labute approximate surface area is 104 Å². The van der Waals surface area contributed by atoms with Crippen molar-refractivity contribution in [2.45, 2.75) is 13.0 Å². The van der Waals surface area contributed by atoms with Crippen molar-refractivity contribution < 1.29 is 4.39 Å². The zero-order valence-electron chi connectivity index (χ0n) is 9.32. The molecule has 1 aromatic heterocycles. The van der Waals surface area contributed by atoms with Gasteiger partial charge in [0.25, 0.3) is 0 Å². The van der Waals surface area contributed by atoms with E-state index >= 15 is 0 Å². The molecule has 2 N–H and O–H groups in total. The van der Waals surface area contributed by atoms with Crippen LogP contribution in [-0.2, 0) is 0 Å². The summed E-state index contributed by atoms with van der Waals surface area (Å²) in [7, 11) is 0. The molecule has 0 radical (unpaired) electrons. The van der Waals surface area contributed by atoms with Crippen LogP contribution in [0.2, 0.25) is 5.02 Å². The summed E-state index contributed by atoms with van der Waals surface area (Å²) in [5, 5.41) is 0.655. The third-order valence-electron chi connectivity index (χ3n) is 2.73. The molecule has 0 amide bonds. The van der Waals surface area contributed by atoms with E-state index in [9.17, 15) is 4.39 Å². The van der Waals surface area contributed by atoms with Gasteiger partial charge in [-0.25, -0.2) is 4.39 Å². The van der Waals surface area contributed by atoms with Gasteiger partial charge in [-0.2, -0.15) is 0 Å². The van der Waals surface area contributed by atoms with Crippen molar-refractivity contribution in [3.63, 3.8) is 0 Å². The Kier molecular flexibility index (Phi) is 3.41. The predicted molar refractivity (Wildman–Crippen MR) is 66.4 cm³/mol. The van der Waals surface area contributed by atoms with Gasteiger partial charge in [-0.3, -0.25) is 4.98 Å². The van der Waals surface area contributed by atoms with Crippen LogP contribution in [0.5, 0.6) is 0 Å². The standard InChI is InChI=1S/C13H12ClFN2/c1-8-11(3-2-4-12(8)14)13(16)9-5-10(15)7-17-6-9/h2-7,13H,16H2,1H3. The van der Waals surface area contributed by atoms with Crippen molar-refractivity contribution in [3.8, 4) is 0 Å². The molecule has 0 spiro atoms. The van der Waals surface area contributed by atoms with Crippen LogP contribution in [0.1, 0.15) is 22.7 Å². The molecule has 1 unspecified atom stereocenters. The second-order valence-electron chi connectivity index (χ2n) is 3.87. The van der Waals surface area contributed by atoms with Gasteiger partial charge in [0.2, 0.25) is 0 Å². The van der Waals surface area contributed by atoms with E-state index in [1.54, 1.807) is 12.3 Å². The number of aromatic nitrogens is 1. The number of halogens is 2. The number of hydrogen-bond acceptors (Lipinski definition) is 2. The fraction of sp³-hybridized carbons (Fsp3) is 0.154. The Morgan fingerprint density at radius 3 is 2.82 bits per heavy atom. The maximum Gasteiger partial charge on any atom is 0.141 e. The number of rotatable bonds is 2. The number of benzene rings is 1.